The van der Waals surface area contributed by atoms with Crippen LogP contribution in [0.1, 0.15) is 0 Å². The van der Waals surface area contributed by atoms with Crippen molar-refractivity contribution in [2.45, 2.75) is 0 Å². The molecule has 17 heavy (non-hydrogen) atoms. The van der Waals surface area contributed by atoms with E-state index in [1.54, 1.807) is 13.3 Å². The lowest BCUT2D eigenvalue weighted by atomic mass is 10.2. The van der Waals surface area contributed by atoms with Gasteiger partial charge in [0.2, 0.25) is 5.88 Å². The highest BCUT2D eigenvalue weighted by Crippen LogP contribution is 2.21. The highest BCUT2D eigenvalue weighted by atomic mass is 16.5. The van der Waals surface area contributed by atoms with Crippen LogP contribution in [0.5, 0.6) is 5.88 Å². The van der Waals surface area contributed by atoms with Gasteiger partial charge in [-0.3, -0.25) is 0 Å². The Morgan fingerprint density at radius 2 is 2.00 bits per heavy atom. The summed E-state index contributed by atoms with van der Waals surface area (Å²) in [4.78, 5) is 4.11. The molecule has 0 bridgehead atoms. The van der Waals surface area contributed by atoms with Crippen LogP contribution in [0.3, 0.4) is 0 Å². The van der Waals surface area contributed by atoms with Gasteiger partial charge in [-0.15, -0.1) is 0 Å². The Kier molecular flexibility index (Phi) is 2.29. The molecule has 3 heteroatoms. The molecule has 0 N–H and O–H groups in total. The van der Waals surface area contributed by atoms with Crippen molar-refractivity contribution >= 4 is 10.9 Å². The van der Waals surface area contributed by atoms with Crippen LogP contribution in [0.4, 0.5) is 0 Å². The molecule has 0 unspecified atom stereocenters. The van der Waals surface area contributed by atoms with Gasteiger partial charge in [-0.2, -0.15) is 0 Å². The van der Waals surface area contributed by atoms with Crippen molar-refractivity contribution in [1.29, 1.82) is 0 Å². The van der Waals surface area contributed by atoms with Crippen molar-refractivity contribution in [3.63, 3.8) is 0 Å². The van der Waals surface area contributed by atoms with Crippen molar-refractivity contribution < 1.29 is 4.74 Å². The number of pyridine rings is 1. The van der Waals surface area contributed by atoms with Gasteiger partial charge in [0.15, 0.2) is 0 Å². The van der Waals surface area contributed by atoms with E-state index >= 15 is 0 Å². The number of fused-ring (bicyclic) bond motifs is 1. The first-order chi connectivity index (χ1) is 8.38. The normalized spacial score (nSPS) is 10.6. The summed E-state index contributed by atoms with van der Waals surface area (Å²) in [5.41, 5.74) is 2.24. The van der Waals surface area contributed by atoms with Crippen molar-refractivity contribution in [3.8, 4) is 11.6 Å². The lowest BCUT2D eigenvalue weighted by Gasteiger charge is -2.06. The largest absolute Gasteiger partial charge is 0.481 e. The van der Waals surface area contributed by atoms with Crippen molar-refractivity contribution in [3.05, 3.63) is 54.9 Å². The maximum Gasteiger partial charge on any atom is 0.215 e. The fourth-order valence-electron chi connectivity index (χ4n) is 1.97. The summed E-state index contributed by atoms with van der Waals surface area (Å²) in [6.07, 6.45) is 3.81. The Labute approximate surface area is 99.3 Å². The number of aromatic nitrogens is 2. The van der Waals surface area contributed by atoms with E-state index in [0.29, 0.717) is 5.88 Å². The number of hydrogen-bond donors (Lipinski definition) is 0. The number of methoxy groups -OCH3 is 1. The molecule has 2 aromatic heterocycles. The highest BCUT2D eigenvalue weighted by Gasteiger charge is 2.03. The van der Waals surface area contributed by atoms with E-state index in [9.17, 15) is 0 Å². The van der Waals surface area contributed by atoms with Gasteiger partial charge >= 0.3 is 0 Å². The summed E-state index contributed by atoms with van der Waals surface area (Å²) in [6.45, 7) is 0. The molecular weight excluding hydrogens is 212 g/mol. The van der Waals surface area contributed by atoms with Crippen LogP contribution in [0.25, 0.3) is 16.6 Å². The molecule has 84 valence electrons. The molecule has 0 amide bonds. The number of nitrogens with zero attached hydrogens (tertiary/aromatic N) is 2. The summed E-state index contributed by atoms with van der Waals surface area (Å²) in [5, 5.41) is 1.23. The van der Waals surface area contributed by atoms with E-state index in [4.69, 9.17) is 4.74 Å². The molecule has 1 aromatic carbocycles. The average Bonchev–Trinajstić information content (AvgIpc) is 2.82. The number of benzene rings is 1. The summed E-state index contributed by atoms with van der Waals surface area (Å²) >= 11 is 0. The minimum Gasteiger partial charge on any atom is -0.481 e. The van der Waals surface area contributed by atoms with E-state index in [2.05, 4.69) is 33.9 Å². The molecular formula is C14H12N2O. The van der Waals surface area contributed by atoms with Gasteiger partial charge in [-0.25, -0.2) is 4.98 Å². The molecule has 0 radical (unpaired) electrons. The lowest BCUT2D eigenvalue weighted by Crippen LogP contribution is -1.94. The Balaban J connectivity index is 2.20. The fourth-order valence-corrected chi connectivity index (χ4v) is 1.97. The second-order valence-electron chi connectivity index (χ2n) is 3.80. The minimum absolute atomic E-state index is 0.625. The van der Waals surface area contributed by atoms with Crippen LogP contribution in [-0.4, -0.2) is 16.7 Å². The molecule has 3 nitrogen and oxygen atoms in total. The Morgan fingerprint density at radius 3 is 2.88 bits per heavy atom. The number of para-hydroxylation sites is 1. The van der Waals surface area contributed by atoms with Gasteiger partial charge in [0.05, 0.1) is 18.3 Å². The average molecular weight is 224 g/mol. The van der Waals surface area contributed by atoms with Crippen molar-refractivity contribution in [2.24, 2.45) is 0 Å². The smallest absolute Gasteiger partial charge is 0.215 e. The highest BCUT2D eigenvalue weighted by molar-refractivity contribution is 5.81. The number of ether oxygens (including phenoxy) is 1. The zero-order chi connectivity index (χ0) is 11.7. The molecule has 3 aromatic rings. The summed E-state index contributed by atoms with van der Waals surface area (Å²) in [5.74, 6) is 0.625. The number of hydrogen-bond acceptors (Lipinski definition) is 2. The zero-order valence-corrected chi connectivity index (χ0v) is 9.50. The predicted molar refractivity (Wildman–Crippen MR) is 67.6 cm³/mol. The Hall–Kier alpha value is -2.29. The maximum atomic E-state index is 5.14. The second kappa shape index (κ2) is 3.94. The van der Waals surface area contributed by atoms with E-state index in [-0.39, 0.29) is 0 Å². The van der Waals surface area contributed by atoms with Gasteiger partial charge in [0, 0.05) is 18.5 Å². The quantitative estimate of drug-likeness (QED) is 0.669. The van der Waals surface area contributed by atoms with Crippen LogP contribution < -0.4 is 4.74 Å². The fraction of sp³-hybridized carbons (Fsp3) is 0.0714. The van der Waals surface area contributed by atoms with E-state index in [1.165, 1.54) is 10.9 Å². The lowest BCUT2D eigenvalue weighted by molar-refractivity contribution is 0.397. The first-order valence-corrected chi connectivity index (χ1v) is 5.45. The molecule has 0 aliphatic rings. The van der Waals surface area contributed by atoms with Crippen molar-refractivity contribution in [1.82, 2.24) is 9.55 Å². The number of rotatable bonds is 2. The minimum atomic E-state index is 0.625. The summed E-state index contributed by atoms with van der Waals surface area (Å²) in [6, 6.07) is 14.3. The van der Waals surface area contributed by atoms with Gasteiger partial charge in [0.25, 0.3) is 0 Å². The molecule has 0 saturated heterocycles. The Bertz CT molecular complexity index is 658. The molecule has 0 aliphatic heterocycles. The van der Waals surface area contributed by atoms with Crippen LogP contribution in [-0.2, 0) is 0 Å². The van der Waals surface area contributed by atoms with Crippen molar-refractivity contribution in [2.75, 3.05) is 7.11 Å². The van der Waals surface area contributed by atoms with Crippen LogP contribution >= 0.6 is 0 Å². The molecule has 2 heterocycles. The molecule has 0 spiro atoms. The van der Waals surface area contributed by atoms with E-state index in [1.807, 2.05) is 24.3 Å². The third-order valence-electron chi connectivity index (χ3n) is 2.81. The summed E-state index contributed by atoms with van der Waals surface area (Å²) < 4.78 is 7.27. The third-order valence-corrected chi connectivity index (χ3v) is 2.81. The molecule has 3 rings (SSSR count). The Morgan fingerprint density at radius 1 is 1.12 bits per heavy atom. The maximum absolute atomic E-state index is 5.14. The van der Waals surface area contributed by atoms with Crippen LogP contribution in [0, 0.1) is 0 Å². The van der Waals surface area contributed by atoms with Crippen LogP contribution in [0.2, 0.25) is 0 Å². The van der Waals surface area contributed by atoms with Gasteiger partial charge in [0.1, 0.15) is 0 Å². The predicted octanol–water partition coefficient (Wildman–Crippen LogP) is 3.03. The topological polar surface area (TPSA) is 27.1 Å². The standard InChI is InChI=1S/C14H12N2O/c1-17-14-10-12(6-8-15-14)16-9-7-11-4-2-3-5-13(11)16/h2-10H,1H3. The SMILES string of the molecule is COc1cc(-n2ccc3ccccc32)ccn1. The molecule has 0 aliphatic carbocycles. The molecule has 0 atom stereocenters. The van der Waals surface area contributed by atoms with Crippen LogP contribution in [0.15, 0.2) is 54.9 Å². The first kappa shape index (κ1) is 9.90. The van der Waals surface area contributed by atoms with E-state index < -0.39 is 0 Å². The third kappa shape index (κ3) is 1.65. The van der Waals surface area contributed by atoms with Gasteiger partial charge in [-0.05, 0) is 23.6 Å². The second-order valence-corrected chi connectivity index (χ2v) is 3.80. The van der Waals surface area contributed by atoms with Gasteiger partial charge < -0.3 is 9.30 Å². The monoisotopic (exact) mass is 224 g/mol. The molecule has 0 fully saturated rings. The summed E-state index contributed by atoms with van der Waals surface area (Å²) in [7, 11) is 1.62. The van der Waals surface area contributed by atoms with Gasteiger partial charge in [-0.1, -0.05) is 18.2 Å². The first-order valence-electron chi connectivity index (χ1n) is 5.45. The zero-order valence-electron chi connectivity index (χ0n) is 9.50. The van der Waals surface area contributed by atoms with E-state index in [0.717, 1.165) is 5.69 Å². The molecule has 0 saturated carbocycles.